The lowest BCUT2D eigenvalue weighted by Crippen LogP contribution is -2.15. The van der Waals surface area contributed by atoms with Gasteiger partial charge < -0.3 is 5.11 Å². The number of carboxylic acids is 1. The zero-order valence-electron chi connectivity index (χ0n) is 10.9. The van der Waals surface area contributed by atoms with Crippen LogP contribution in [0.1, 0.15) is 34.9 Å². The molecule has 0 aromatic heterocycles. The quantitative estimate of drug-likeness (QED) is 0.813. The summed E-state index contributed by atoms with van der Waals surface area (Å²) < 4.78 is 63.6. The summed E-state index contributed by atoms with van der Waals surface area (Å²) in [6.07, 6.45) is -6.82. The van der Waals surface area contributed by atoms with E-state index < -0.39 is 41.2 Å². The molecular formula is C12H13F3O5S. The predicted molar refractivity (Wildman–Crippen MR) is 67.4 cm³/mol. The molecule has 1 atom stereocenters. The zero-order valence-corrected chi connectivity index (χ0v) is 11.7. The van der Waals surface area contributed by atoms with E-state index in [2.05, 4.69) is 4.18 Å². The number of rotatable bonds is 6. The topological polar surface area (TPSA) is 80.7 Å². The van der Waals surface area contributed by atoms with Crippen LogP contribution in [0.4, 0.5) is 13.2 Å². The van der Waals surface area contributed by atoms with Gasteiger partial charge >= 0.3 is 12.1 Å². The van der Waals surface area contributed by atoms with Crippen LogP contribution in [0.25, 0.3) is 0 Å². The zero-order chi connectivity index (χ0) is 16.3. The number of hydrogen-bond acceptors (Lipinski definition) is 4. The maximum atomic E-state index is 12.3. The minimum atomic E-state index is -4.44. The van der Waals surface area contributed by atoms with Crippen molar-refractivity contribution in [1.29, 1.82) is 0 Å². The van der Waals surface area contributed by atoms with Gasteiger partial charge in [0.1, 0.15) is 6.10 Å². The Hall–Kier alpha value is -1.61. The van der Waals surface area contributed by atoms with Crippen molar-refractivity contribution < 1.29 is 35.7 Å². The number of aromatic carboxylic acids is 1. The van der Waals surface area contributed by atoms with E-state index in [9.17, 15) is 26.4 Å². The highest BCUT2D eigenvalue weighted by atomic mass is 32.2. The average molecular weight is 326 g/mol. The molecular weight excluding hydrogens is 313 g/mol. The average Bonchev–Trinajstić information content (AvgIpc) is 2.32. The Balaban J connectivity index is 2.97. The van der Waals surface area contributed by atoms with Crippen molar-refractivity contribution in [3.63, 3.8) is 0 Å². The molecule has 0 heterocycles. The monoisotopic (exact) mass is 326 g/mol. The molecule has 0 saturated carbocycles. The van der Waals surface area contributed by atoms with Crippen LogP contribution in [0.3, 0.4) is 0 Å². The van der Waals surface area contributed by atoms with Crippen LogP contribution in [0.15, 0.2) is 24.3 Å². The summed E-state index contributed by atoms with van der Waals surface area (Å²) in [5, 5.41) is 8.73. The molecule has 0 saturated heterocycles. The van der Waals surface area contributed by atoms with E-state index in [-0.39, 0.29) is 11.1 Å². The highest BCUT2D eigenvalue weighted by molar-refractivity contribution is 7.86. The van der Waals surface area contributed by atoms with E-state index in [1.807, 2.05) is 0 Å². The lowest BCUT2D eigenvalue weighted by molar-refractivity contribution is -0.139. The van der Waals surface area contributed by atoms with Crippen molar-refractivity contribution in [3.05, 3.63) is 35.4 Å². The van der Waals surface area contributed by atoms with Crippen LogP contribution in [0, 0.1) is 0 Å². The Labute approximate surface area is 119 Å². The van der Waals surface area contributed by atoms with Crippen molar-refractivity contribution in [2.24, 2.45) is 0 Å². The summed E-state index contributed by atoms with van der Waals surface area (Å²) in [6, 6.07) is 4.80. The van der Waals surface area contributed by atoms with Gasteiger partial charge in [-0.05, 0) is 24.1 Å². The first kappa shape index (κ1) is 17.4. The van der Waals surface area contributed by atoms with Gasteiger partial charge in [0.25, 0.3) is 10.1 Å². The second-order valence-electron chi connectivity index (χ2n) is 4.37. The van der Waals surface area contributed by atoms with Gasteiger partial charge in [-0.25, -0.2) is 4.79 Å². The molecule has 0 bridgehead atoms. The summed E-state index contributed by atoms with van der Waals surface area (Å²) in [7, 11) is -3.95. The minimum absolute atomic E-state index is 0.0623. The van der Waals surface area contributed by atoms with Crippen LogP contribution in [-0.2, 0) is 14.3 Å². The molecule has 0 aliphatic heterocycles. The Kier molecular flexibility index (Phi) is 5.35. The molecule has 0 fully saturated rings. The maximum Gasteiger partial charge on any atom is 0.389 e. The van der Waals surface area contributed by atoms with Crippen molar-refractivity contribution in [2.45, 2.75) is 25.1 Å². The molecule has 1 aromatic rings. The van der Waals surface area contributed by atoms with Crippen LogP contribution < -0.4 is 0 Å². The third-order valence-electron chi connectivity index (χ3n) is 2.51. The number of carboxylic acid groups (broad SMARTS) is 1. The van der Waals surface area contributed by atoms with E-state index >= 15 is 0 Å². The van der Waals surface area contributed by atoms with E-state index in [1.165, 1.54) is 24.3 Å². The van der Waals surface area contributed by atoms with Crippen LogP contribution in [-0.4, -0.2) is 31.9 Å². The Morgan fingerprint density at radius 1 is 1.29 bits per heavy atom. The van der Waals surface area contributed by atoms with Crippen molar-refractivity contribution >= 4 is 16.1 Å². The van der Waals surface area contributed by atoms with Gasteiger partial charge in [-0.2, -0.15) is 21.6 Å². The van der Waals surface area contributed by atoms with Crippen LogP contribution >= 0.6 is 0 Å². The second kappa shape index (κ2) is 6.44. The summed E-state index contributed by atoms with van der Waals surface area (Å²) >= 11 is 0. The standard InChI is InChI=1S/C12H13F3O5S/c1-21(18,19)20-10(6-7-12(13,14)15)8-2-4-9(5-3-8)11(16)17/h2-5,10H,6-7H2,1H3,(H,16,17). The Bertz CT molecular complexity index is 592. The Morgan fingerprint density at radius 3 is 2.19 bits per heavy atom. The fourth-order valence-corrected chi connectivity index (χ4v) is 2.25. The molecule has 21 heavy (non-hydrogen) atoms. The number of alkyl halides is 3. The summed E-state index contributed by atoms with van der Waals surface area (Å²) in [6.45, 7) is 0. The molecule has 1 unspecified atom stereocenters. The minimum Gasteiger partial charge on any atom is -0.478 e. The van der Waals surface area contributed by atoms with Crippen molar-refractivity contribution in [3.8, 4) is 0 Å². The van der Waals surface area contributed by atoms with Gasteiger partial charge in [0.15, 0.2) is 0 Å². The van der Waals surface area contributed by atoms with Crippen molar-refractivity contribution in [2.75, 3.05) is 6.26 Å². The van der Waals surface area contributed by atoms with Crippen LogP contribution in [0.2, 0.25) is 0 Å². The maximum absolute atomic E-state index is 12.3. The molecule has 9 heteroatoms. The predicted octanol–water partition coefficient (Wildman–Crippen LogP) is 2.74. The summed E-state index contributed by atoms with van der Waals surface area (Å²) in [5.41, 5.74) is 0.0994. The van der Waals surface area contributed by atoms with Crippen LogP contribution in [0.5, 0.6) is 0 Å². The molecule has 0 radical (unpaired) electrons. The third-order valence-corrected chi connectivity index (χ3v) is 3.09. The molecule has 1 N–H and O–H groups in total. The van der Waals surface area contributed by atoms with Gasteiger partial charge in [0.05, 0.1) is 11.8 Å². The highest BCUT2D eigenvalue weighted by Gasteiger charge is 2.30. The van der Waals surface area contributed by atoms with Gasteiger partial charge in [0.2, 0.25) is 0 Å². The molecule has 0 amide bonds. The molecule has 0 aliphatic carbocycles. The lowest BCUT2D eigenvalue weighted by atomic mass is 10.0. The summed E-state index contributed by atoms with van der Waals surface area (Å²) in [4.78, 5) is 10.7. The number of hydrogen-bond donors (Lipinski definition) is 1. The first-order valence-electron chi connectivity index (χ1n) is 5.76. The molecule has 5 nitrogen and oxygen atoms in total. The molecule has 1 rings (SSSR count). The fourth-order valence-electron chi connectivity index (χ4n) is 1.62. The third kappa shape index (κ3) is 6.58. The summed E-state index contributed by atoms with van der Waals surface area (Å²) in [5.74, 6) is -1.20. The number of benzene rings is 1. The first-order valence-corrected chi connectivity index (χ1v) is 7.58. The van der Waals surface area contributed by atoms with E-state index in [4.69, 9.17) is 5.11 Å². The van der Waals surface area contributed by atoms with Gasteiger partial charge in [0, 0.05) is 6.42 Å². The largest absolute Gasteiger partial charge is 0.478 e. The Morgan fingerprint density at radius 2 is 1.81 bits per heavy atom. The molecule has 0 aliphatic rings. The number of halogens is 3. The first-order chi connectivity index (χ1) is 9.48. The fraction of sp³-hybridized carbons (Fsp3) is 0.417. The lowest BCUT2D eigenvalue weighted by Gasteiger charge is -2.17. The second-order valence-corrected chi connectivity index (χ2v) is 5.97. The molecule has 0 spiro atoms. The van der Waals surface area contributed by atoms with E-state index in [0.717, 1.165) is 6.26 Å². The van der Waals surface area contributed by atoms with Gasteiger partial charge in [-0.15, -0.1) is 0 Å². The SMILES string of the molecule is CS(=O)(=O)OC(CCC(F)(F)F)c1ccc(C(=O)O)cc1. The van der Waals surface area contributed by atoms with E-state index in [0.29, 0.717) is 0 Å². The smallest absolute Gasteiger partial charge is 0.389 e. The van der Waals surface area contributed by atoms with Gasteiger partial charge in [-0.3, -0.25) is 4.18 Å². The normalized spacial score (nSPS) is 13.9. The van der Waals surface area contributed by atoms with E-state index in [1.54, 1.807) is 0 Å². The molecule has 1 aromatic carbocycles. The number of carbonyl (C=O) groups is 1. The highest BCUT2D eigenvalue weighted by Crippen LogP contribution is 2.31. The van der Waals surface area contributed by atoms with Crippen molar-refractivity contribution in [1.82, 2.24) is 0 Å². The molecule has 118 valence electrons. The van der Waals surface area contributed by atoms with Gasteiger partial charge in [-0.1, -0.05) is 12.1 Å².